The minimum absolute atomic E-state index is 0.243. The third-order valence-electron chi connectivity index (χ3n) is 9.70. The van der Waals surface area contributed by atoms with Gasteiger partial charge < -0.3 is 4.57 Å². The van der Waals surface area contributed by atoms with Crippen LogP contribution in [0.1, 0.15) is 5.56 Å². The molecule has 0 spiro atoms. The van der Waals surface area contributed by atoms with Crippen molar-refractivity contribution in [3.05, 3.63) is 178 Å². The van der Waals surface area contributed by atoms with Gasteiger partial charge in [-0.3, -0.25) is 0 Å². The zero-order chi connectivity index (χ0) is 40.5. The fourth-order valence-corrected chi connectivity index (χ4v) is 7.48. The van der Waals surface area contributed by atoms with E-state index in [-0.39, 0.29) is 11.1 Å². The van der Waals surface area contributed by atoms with Crippen LogP contribution in [0.15, 0.2) is 84.9 Å². The number of hydrogen-bond donors (Lipinski definition) is 0. The van der Waals surface area contributed by atoms with Crippen molar-refractivity contribution in [3.63, 3.8) is 0 Å². The van der Waals surface area contributed by atoms with Crippen LogP contribution in [0, 0.1) is 87.3 Å². The largest absolute Gasteiger partial charge is 0.339 e. The summed E-state index contributed by atoms with van der Waals surface area (Å²) in [7, 11) is 0. The molecule has 1 aromatic heterocycles. The van der Waals surface area contributed by atoms with Crippen molar-refractivity contribution in [3.8, 4) is 11.3 Å². The molecule has 1 nitrogen and oxygen atoms in total. The Labute approximate surface area is 304 Å². The highest BCUT2D eigenvalue weighted by Crippen LogP contribution is 2.35. The fraction of sp³-hybridized carbons (Fsp3) is 0.0256. The first-order valence-corrected chi connectivity index (χ1v) is 16.0. The van der Waals surface area contributed by atoms with Crippen molar-refractivity contribution in [1.29, 1.82) is 0 Å². The van der Waals surface area contributed by atoms with Crippen molar-refractivity contribution in [1.82, 2.24) is 4.57 Å². The number of hydrogen-bond acceptors (Lipinski definition) is 0. The summed E-state index contributed by atoms with van der Waals surface area (Å²) in [5, 5.41) is -0.681. The molecule has 0 radical (unpaired) electrons. The SMILES string of the molecule is Fc1c(F)c(F)c([B-](c2c(F)c(F)c(F)c(F)c2F)(c2c(F)c(F)c(F)c(F)c2F)c2c(-c3ccccc3)n(Cc3ccccc3)c3ccccc23)c(F)c1F. The van der Waals surface area contributed by atoms with E-state index >= 15 is 52.7 Å². The molecule has 0 unspecified atom stereocenters. The van der Waals surface area contributed by atoms with Gasteiger partial charge in [-0.25, -0.2) is 65.9 Å². The first-order chi connectivity index (χ1) is 26.6. The van der Waals surface area contributed by atoms with Crippen molar-refractivity contribution in [2.75, 3.05) is 0 Å². The van der Waals surface area contributed by atoms with E-state index in [2.05, 4.69) is 0 Å². The van der Waals surface area contributed by atoms with Crippen LogP contribution in [0.25, 0.3) is 22.2 Å². The minimum Gasteiger partial charge on any atom is -0.339 e. The van der Waals surface area contributed by atoms with Gasteiger partial charge in [-0.2, -0.15) is 5.46 Å². The molecule has 1 heterocycles. The molecule has 286 valence electrons. The summed E-state index contributed by atoms with van der Waals surface area (Å²) in [4.78, 5) is 0. The van der Waals surface area contributed by atoms with Crippen LogP contribution in [0.2, 0.25) is 0 Å². The monoisotopic (exact) mass is 794 g/mol. The summed E-state index contributed by atoms with van der Waals surface area (Å²) >= 11 is 0. The number of benzene rings is 6. The van der Waals surface area contributed by atoms with Gasteiger partial charge in [-0.1, -0.05) is 78.9 Å². The van der Waals surface area contributed by atoms with Crippen molar-refractivity contribution in [2.45, 2.75) is 6.54 Å². The van der Waals surface area contributed by atoms with Gasteiger partial charge in [0.2, 0.25) is 0 Å². The third-order valence-corrected chi connectivity index (χ3v) is 9.70. The number of rotatable bonds is 7. The van der Waals surface area contributed by atoms with E-state index < -0.39 is 133 Å². The van der Waals surface area contributed by atoms with Gasteiger partial charge in [0.05, 0.1) is 0 Å². The number of para-hydroxylation sites is 1. The summed E-state index contributed by atoms with van der Waals surface area (Å²) in [5.41, 5.74) is -10.3. The highest BCUT2D eigenvalue weighted by atomic mass is 19.2. The lowest BCUT2D eigenvalue weighted by Gasteiger charge is -2.45. The number of fused-ring (bicyclic) bond motifs is 1. The molecule has 17 heteroatoms. The Balaban J connectivity index is 1.94. The number of nitrogens with zero attached hydrogens (tertiary/aromatic N) is 1. The molecule has 0 aliphatic rings. The van der Waals surface area contributed by atoms with E-state index in [9.17, 15) is 13.2 Å². The van der Waals surface area contributed by atoms with Gasteiger partial charge >= 0.3 is 0 Å². The van der Waals surface area contributed by atoms with E-state index in [1.165, 1.54) is 54.6 Å². The molecule has 0 saturated heterocycles. The lowest BCUT2D eigenvalue weighted by molar-refractivity contribution is 0.380. The molecular formula is C39H16BF15N-. The average Bonchev–Trinajstić information content (AvgIpc) is 3.53. The van der Waals surface area contributed by atoms with E-state index in [1.807, 2.05) is 0 Å². The molecule has 0 bridgehead atoms. The van der Waals surface area contributed by atoms with Crippen molar-refractivity contribution in [2.24, 2.45) is 0 Å². The Morgan fingerprint density at radius 2 is 0.661 bits per heavy atom. The third kappa shape index (κ3) is 5.30. The molecule has 0 atom stereocenters. The highest BCUT2D eigenvalue weighted by Gasteiger charge is 2.51. The smallest absolute Gasteiger partial charge is 0.200 e. The molecule has 0 N–H and O–H groups in total. The molecule has 7 aromatic rings. The minimum atomic E-state index is -6.07. The molecular weight excluding hydrogens is 778 g/mol. The number of aromatic nitrogens is 1. The van der Waals surface area contributed by atoms with Gasteiger partial charge in [0, 0.05) is 17.8 Å². The molecule has 56 heavy (non-hydrogen) atoms. The maximum atomic E-state index is 16.6. The summed E-state index contributed by atoms with van der Waals surface area (Å²) in [6.45, 7) is -0.414. The first kappa shape index (κ1) is 38.2. The fourth-order valence-electron chi connectivity index (χ4n) is 7.48. The lowest BCUT2D eigenvalue weighted by Crippen LogP contribution is -2.80. The Morgan fingerprint density at radius 3 is 1.05 bits per heavy atom. The van der Waals surface area contributed by atoms with Gasteiger partial charge in [-0.15, -0.1) is 16.4 Å². The van der Waals surface area contributed by atoms with Gasteiger partial charge in [0.15, 0.2) is 52.4 Å². The predicted molar refractivity (Wildman–Crippen MR) is 176 cm³/mol. The maximum absolute atomic E-state index is 16.6. The molecule has 0 aliphatic heterocycles. The van der Waals surface area contributed by atoms with Gasteiger partial charge in [0.25, 0.3) is 0 Å². The second kappa shape index (κ2) is 13.9. The van der Waals surface area contributed by atoms with Crippen LogP contribution in [0.5, 0.6) is 0 Å². The summed E-state index contributed by atoms with van der Waals surface area (Å²) < 4.78 is 237. The normalized spacial score (nSPS) is 11.9. The first-order valence-electron chi connectivity index (χ1n) is 16.0. The molecule has 7 rings (SSSR count). The van der Waals surface area contributed by atoms with E-state index in [0.29, 0.717) is 5.56 Å². The standard InChI is InChI=1S/C39H16BF15N/c41-24-21(25(42)31(48)36(53)30(24)47)40(22-26(43)32(49)37(54)33(50)27(22)44,23-28(45)34(51)38(55)35(52)29(23)46)20-18-13-7-8-14-19(18)56(15-16-9-3-1-4-10-16)39(20)17-11-5-2-6-12-17/h1-14H,15H2/q-1. The van der Waals surface area contributed by atoms with E-state index in [0.717, 1.165) is 28.8 Å². The maximum Gasteiger partial charge on any atom is 0.200 e. The van der Waals surface area contributed by atoms with E-state index in [4.69, 9.17) is 0 Å². The van der Waals surface area contributed by atoms with Crippen LogP contribution < -0.4 is 21.9 Å². The van der Waals surface area contributed by atoms with Crippen LogP contribution >= 0.6 is 0 Å². The van der Waals surface area contributed by atoms with Crippen LogP contribution in [0.3, 0.4) is 0 Å². The Bertz CT molecular complexity index is 2480. The average molecular weight is 794 g/mol. The zero-order valence-electron chi connectivity index (χ0n) is 27.5. The molecule has 0 amide bonds. The Kier molecular flexibility index (Phi) is 9.45. The van der Waals surface area contributed by atoms with Gasteiger partial charge in [-0.05, 0) is 22.6 Å². The van der Waals surface area contributed by atoms with Gasteiger partial charge in [0.1, 0.15) is 41.0 Å². The summed E-state index contributed by atoms with van der Waals surface area (Å²) in [6, 6.07) is 18.3. The molecule has 6 aromatic carbocycles. The molecule has 0 fully saturated rings. The Morgan fingerprint density at radius 1 is 0.339 bits per heavy atom. The Hall–Kier alpha value is -6.13. The summed E-state index contributed by atoms with van der Waals surface area (Å²) in [6.07, 6.45) is -6.07. The quantitative estimate of drug-likeness (QED) is 0.0659. The van der Waals surface area contributed by atoms with Crippen LogP contribution in [0.4, 0.5) is 65.9 Å². The molecule has 0 saturated carbocycles. The highest BCUT2D eigenvalue weighted by molar-refractivity contribution is 7.21. The van der Waals surface area contributed by atoms with Crippen LogP contribution in [-0.2, 0) is 6.54 Å². The zero-order valence-corrected chi connectivity index (χ0v) is 27.5. The van der Waals surface area contributed by atoms with Crippen molar-refractivity contribution < 1.29 is 65.9 Å². The predicted octanol–water partition coefficient (Wildman–Crippen LogP) is 8.82. The van der Waals surface area contributed by atoms with Crippen molar-refractivity contribution >= 4 is 38.9 Å². The topological polar surface area (TPSA) is 4.93 Å². The number of halogens is 15. The second-order valence-corrected chi connectivity index (χ2v) is 12.5. The molecule has 0 aliphatic carbocycles. The van der Waals surface area contributed by atoms with Crippen LogP contribution in [-0.4, -0.2) is 10.7 Å². The summed E-state index contributed by atoms with van der Waals surface area (Å²) in [5.74, 6) is -45.8. The van der Waals surface area contributed by atoms with E-state index in [1.54, 1.807) is 6.07 Å². The lowest BCUT2D eigenvalue weighted by atomic mass is 9.12. The second-order valence-electron chi connectivity index (χ2n) is 12.5.